The summed E-state index contributed by atoms with van der Waals surface area (Å²) in [5, 5.41) is 4.85. The molecule has 3 heterocycles. The summed E-state index contributed by atoms with van der Waals surface area (Å²) in [7, 11) is 1.64. The average molecular weight is 507 g/mol. The second-order valence-electron chi connectivity index (χ2n) is 8.55. The highest BCUT2D eigenvalue weighted by Crippen LogP contribution is 2.35. The molecule has 0 radical (unpaired) electrons. The number of nitrogens with one attached hydrogen (secondary N) is 1. The van der Waals surface area contributed by atoms with Crippen molar-refractivity contribution in [3.05, 3.63) is 80.2 Å². The van der Waals surface area contributed by atoms with E-state index in [2.05, 4.69) is 37.9 Å². The molecule has 1 aliphatic heterocycles. The Bertz CT molecular complexity index is 1350. The Labute approximate surface area is 201 Å². The third-order valence-corrected chi connectivity index (χ3v) is 7.01. The topological polar surface area (TPSA) is 62.6 Å². The van der Waals surface area contributed by atoms with Crippen molar-refractivity contribution in [1.82, 2.24) is 14.6 Å². The van der Waals surface area contributed by atoms with E-state index in [0.29, 0.717) is 12.0 Å². The molecule has 0 bridgehead atoms. The molecule has 1 saturated heterocycles. The van der Waals surface area contributed by atoms with Crippen molar-refractivity contribution in [2.75, 3.05) is 25.1 Å². The lowest BCUT2D eigenvalue weighted by atomic mass is 10.0. The maximum absolute atomic E-state index is 13.7. The van der Waals surface area contributed by atoms with E-state index in [4.69, 9.17) is 9.84 Å². The molecule has 0 saturated carbocycles. The van der Waals surface area contributed by atoms with Gasteiger partial charge >= 0.3 is 0 Å². The first-order chi connectivity index (χ1) is 16.1. The zero-order valence-corrected chi connectivity index (χ0v) is 20.5. The van der Waals surface area contributed by atoms with Crippen molar-refractivity contribution in [2.24, 2.45) is 0 Å². The predicted octanol–water partition coefficient (Wildman–Crippen LogP) is 5.35. The molecule has 0 aliphatic carbocycles. The summed E-state index contributed by atoms with van der Waals surface area (Å²) in [5.41, 5.74) is 6.22. The van der Waals surface area contributed by atoms with Gasteiger partial charge in [-0.3, -0.25) is 4.79 Å². The minimum absolute atomic E-state index is 0.0753. The molecule has 2 aromatic heterocycles. The number of hydrogen-bond donors (Lipinski definition) is 1. The van der Waals surface area contributed by atoms with Gasteiger partial charge in [0.1, 0.15) is 17.1 Å². The summed E-state index contributed by atoms with van der Waals surface area (Å²) < 4.78 is 7.77. The van der Waals surface area contributed by atoms with E-state index in [9.17, 15) is 4.79 Å². The summed E-state index contributed by atoms with van der Waals surface area (Å²) in [4.78, 5) is 19.6. The third-order valence-electron chi connectivity index (χ3n) is 6.39. The van der Waals surface area contributed by atoms with Crippen LogP contribution in [-0.2, 0) is 6.42 Å². The lowest BCUT2D eigenvalue weighted by Gasteiger charge is -2.28. The van der Waals surface area contributed by atoms with Gasteiger partial charge in [-0.25, -0.2) is 0 Å². The Morgan fingerprint density at radius 3 is 2.55 bits per heavy atom. The molecule has 4 aromatic rings. The van der Waals surface area contributed by atoms with Gasteiger partial charge in [0, 0.05) is 36.3 Å². The maximum Gasteiger partial charge on any atom is 0.278 e. The number of piperidine rings is 1. The van der Waals surface area contributed by atoms with Crippen LogP contribution < -0.4 is 15.2 Å². The lowest BCUT2D eigenvalue weighted by Crippen LogP contribution is -2.30. The number of methoxy groups -OCH3 is 1. The van der Waals surface area contributed by atoms with Gasteiger partial charge in [0.15, 0.2) is 5.65 Å². The van der Waals surface area contributed by atoms with Crippen LogP contribution in [0.25, 0.3) is 16.9 Å². The number of ether oxygens (including phenoxy) is 1. The number of hydrogen-bond acceptors (Lipinski definition) is 4. The van der Waals surface area contributed by atoms with E-state index in [-0.39, 0.29) is 5.56 Å². The number of aromatic nitrogens is 3. The molecule has 1 fully saturated rings. The summed E-state index contributed by atoms with van der Waals surface area (Å²) in [6, 6.07) is 16.0. The van der Waals surface area contributed by atoms with Gasteiger partial charge in [0.25, 0.3) is 5.56 Å². The lowest BCUT2D eigenvalue weighted by molar-refractivity contribution is 0.412. The normalized spacial score (nSPS) is 14.1. The number of rotatable bonds is 5. The second-order valence-corrected chi connectivity index (χ2v) is 9.41. The summed E-state index contributed by atoms with van der Waals surface area (Å²) in [6.07, 6.45) is 4.06. The van der Waals surface area contributed by atoms with Crippen LogP contribution in [-0.4, -0.2) is 34.8 Å². The van der Waals surface area contributed by atoms with Gasteiger partial charge in [-0.2, -0.15) is 9.61 Å². The molecule has 33 heavy (non-hydrogen) atoms. The minimum atomic E-state index is -0.0753. The zero-order chi connectivity index (χ0) is 22.9. The fourth-order valence-corrected chi connectivity index (χ4v) is 5.24. The van der Waals surface area contributed by atoms with Crippen LogP contribution >= 0.6 is 15.9 Å². The van der Waals surface area contributed by atoms with Crippen LogP contribution in [0.15, 0.2) is 57.8 Å². The predicted molar refractivity (Wildman–Crippen MR) is 136 cm³/mol. The summed E-state index contributed by atoms with van der Waals surface area (Å²) in [6.45, 7) is 3.93. The highest BCUT2D eigenvalue weighted by molar-refractivity contribution is 9.10. The first kappa shape index (κ1) is 21.8. The average Bonchev–Trinajstić information content (AvgIpc) is 3.22. The van der Waals surface area contributed by atoms with Crippen molar-refractivity contribution < 1.29 is 4.74 Å². The van der Waals surface area contributed by atoms with Crippen molar-refractivity contribution >= 4 is 27.3 Å². The van der Waals surface area contributed by atoms with Gasteiger partial charge in [-0.15, -0.1) is 0 Å². The SMILES string of the molecule is COc1ccc(Cc2c(C)[nH]c3c(N4CCCCC4)c(-c4ccccc4)nn3c2=O)cc1Br. The van der Waals surface area contributed by atoms with Gasteiger partial charge in [0.05, 0.1) is 11.6 Å². The third kappa shape index (κ3) is 4.06. The standard InChI is InChI=1S/C26H27BrN4O2/c1-17-20(15-18-11-12-22(33-2)21(27)16-18)26(32)31-25(28-17)24(30-13-7-4-8-14-30)23(29-31)19-9-5-3-6-10-19/h3,5-6,9-12,16,28H,4,7-8,13-15H2,1-2H3. The highest BCUT2D eigenvalue weighted by Gasteiger charge is 2.25. The van der Waals surface area contributed by atoms with E-state index in [0.717, 1.165) is 70.0 Å². The summed E-state index contributed by atoms with van der Waals surface area (Å²) >= 11 is 3.55. The van der Waals surface area contributed by atoms with Gasteiger partial charge in [-0.1, -0.05) is 36.4 Å². The number of aromatic amines is 1. The molecule has 0 unspecified atom stereocenters. The van der Waals surface area contributed by atoms with Crippen LogP contribution in [0, 0.1) is 6.92 Å². The van der Waals surface area contributed by atoms with Gasteiger partial charge in [-0.05, 0) is 59.8 Å². The quantitative estimate of drug-likeness (QED) is 0.396. The zero-order valence-electron chi connectivity index (χ0n) is 18.9. The molecule has 6 nitrogen and oxygen atoms in total. The van der Waals surface area contributed by atoms with Crippen molar-refractivity contribution in [2.45, 2.75) is 32.6 Å². The first-order valence-corrected chi connectivity index (χ1v) is 12.1. The van der Waals surface area contributed by atoms with E-state index >= 15 is 0 Å². The van der Waals surface area contributed by atoms with E-state index in [1.807, 2.05) is 43.3 Å². The number of nitrogens with zero attached hydrogens (tertiary/aromatic N) is 3. The number of H-pyrrole nitrogens is 1. The van der Waals surface area contributed by atoms with Crippen LogP contribution in [0.3, 0.4) is 0 Å². The fraction of sp³-hybridized carbons (Fsp3) is 0.308. The van der Waals surface area contributed by atoms with Crippen molar-refractivity contribution in [1.29, 1.82) is 0 Å². The van der Waals surface area contributed by atoms with Crippen molar-refractivity contribution in [3.63, 3.8) is 0 Å². The molecule has 2 aromatic carbocycles. The molecule has 7 heteroatoms. The molecule has 170 valence electrons. The fourth-order valence-electron chi connectivity index (χ4n) is 4.65. The smallest absolute Gasteiger partial charge is 0.278 e. The minimum Gasteiger partial charge on any atom is -0.496 e. The highest BCUT2D eigenvalue weighted by atomic mass is 79.9. The molecule has 0 atom stereocenters. The molecular formula is C26H27BrN4O2. The molecule has 5 rings (SSSR count). The van der Waals surface area contributed by atoms with E-state index in [1.165, 1.54) is 6.42 Å². The Balaban J connectivity index is 1.66. The van der Waals surface area contributed by atoms with Gasteiger partial charge in [0.2, 0.25) is 0 Å². The van der Waals surface area contributed by atoms with E-state index in [1.54, 1.807) is 11.6 Å². The Morgan fingerprint density at radius 2 is 1.85 bits per heavy atom. The van der Waals surface area contributed by atoms with Gasteiger partial charge < -0.3 is 14.6 Å². The Hall–Kier alpha value is -3.06. The number of fused-ring (bicyclic) bond motifs is 1. The van der Waals surface area contributed by atoms with Crippen LogP contribution in [0.5, 0.6) is 5.75 Å². The number of benzene rings is 2. The maximum atomic E-state index is 13.7. The Morgan fingerprint density at radius 1 is 1.09 bits per heavy atom. The molecule has 0 spiro atoms. The number of halogens is 1. The second kappa shape index (κ2) is 9.06. The van der Waals surface area contributed by atoms with Crippen molar-refractivity contribution in [3.8, 4) is 17.0 Å². The van der Waals surface area contributed by atoms with E-state index < -0.39 is 0 Å². The number of anilines is 1. The Kier molecular flexibility index (Phi) is 5.98. The first-order valence-electron chi connectivity index (χ1n) is 11.3. The van der Waals surface area contributed by atoms with Crippen LogP contribution in [0.4, 0.5) is 5.69 Å². The van der Waals surface area contributed by atoms with Crippen LogP contribution in [0.1, 0.15) is 36.1 Å². The molecule has 1 N–H and O–H groups in total. The molecule has 1 aliphatic rings. The number of aryl methyl sites for hydroxylation is 1. The molecule has 0 amide bonds. The largest absolute Gasteiger partial charge is 0.496 e. The molecular weight excluding hydrogens is 480 g/mol. The monoisotopic (exact) mass is 506 g/mol. The van der Waals surface area contributed by atoms with Crippen LogP contribution in [0.2, 0.25) is 0 Å². The summed E-state index contributed by atoms with van der Waals surface area (Å²) in [5.74, 6) is 0.769.